The number of carbonyl (C=O) groups is 1. The number of aliphatic hydroxyl groups is 1. The SMILES string of the molecule is C=C(OC)/C(=C\C(=C(/CCl)C1CC1)C1CC1)CN1CCC(N(C)/C=C\C(=C/C=O)CO)CC1. The average molecular weight is 475 g/mol. The number of hydrogen-bond acceptors (Lipinski definition) is 5. The van der Waals surface area contributed by atoms with Gasteiger partial charge in [0.1, 0.15) is 12.0 Å². The Morgan fingerprint density at radius 1 is 1.18 bits per heavy atom. The van der Waals surface area contributed by atoms with E-state index in [9.17, 15) is 9.90 Å². The highest BCUT2D eigenvalue weighted by atomic mass is 35.5. The molecule has 1 N–H and O–H groups in total. The fourth-order valence-electron chi connectivity index (χ4n) is 4.56. The van der Waals surface area contributed by atoms with Crippen molar-refractivity contribution in [3.05, 3.63) is 59.1 Å². The lowest BCUT2D eigenvalue weighted by Crippen LogP contribution is -2.42. The van der Waals surface area contributed by atoms with Crippen LogP contribution in [0.15, 0.2) is 59.1 Å². The van der Waals surface area contributed by atoms with Gasteiger partial charge in [0.25, 0.3) is 0 Å². The fourth-order valence-corrected chi connectivity index (χ4v) is 4.94. The summed E-state index contributed by atoms with van der Waals surface area (Å²) in [5, 5.41) is 9.31. The molecule has 0 aromatic heterocycles. The number of aliphatic hydroxyl groups excluding tert-OH is 1. The summed E-state index contributed by atoms with van der Waals surface area (Å²) in [7, 11) is 3.76. The van der Waals surface area contributed by atoms with Crippen LogP contribution in [-0.4, -0.2) is 73.5 Å². The molecule has 1 aliphatic heterocycles. The fraction of sp³-hybridized carbons (Fsp3) is 0.593. The summed E-state index contributed by atoms with van der Waals surface area (Å²) in [5.41, 5.74) is 4.67. The molecule has 2 saturated carbocycles. The van der Waals surface area contributed by atoms with Crippen LogP contribution in [0.25, 0.3) is 0 Å². The summed E-state index contributed by atoms with van der Waals surface area (Å²) >= 11 is 6.38. The number of nitrogens with zero attached hydrogens (tertiary/aromatic N) is 2. The van der Waals surface area contributed by atoms with Gasteiger partial charge in [-0.3, -0.25) is 9.69 Å². The Bertz CT molecular complexity index is 813. The number of allylic oxidation sites excluding steroid dienone is 4. The van der Waals surface area contributed by atoms with Crippen LogP contribution in [0.4, 0.5) is 0 Å². The number of carbonyl (C=O) groups excluding carboxylic acids is 1. The smallest absolute Gasteiger partial charge is 0.143 e. The van der Waals surface area contributed by atoms with E-state index in [1.165, 1.54) is 48.5 Å². The summed E-state index contributed by atoms with van der Waals surface area (Å²) in [5.74, 6) is 2.71. The molecule has 0 spiro atoms. The minimum absolute atomic E-state index is 0.135. The normalized spacial score (nSPS) is 21.8. The highest BCUT2D eigenvalue weighted by molar-refractivity contribution is 6.19. The summed E-state index contributed by atoms with van der Waals surface area (Å²) in [6, 6.07) is 0.436. The third kappa shape index (κ3) is 7.59. The molecule has 0 atom stereocenters. The molecular weight excluding hydrogens is 436 g/mol. The molecule has 0 aromatic carbocycles. The molecule has 33 heavy (non-hydrogen) atoms. The molecule has 3 fully saturated rings. The van der Waals surface area contributed by atoms with Gasteiger partial charge in [-0.1, -0.05) is 12.7 Å². The topological polar surface area (TPSA) is 53.0 Å². The zero-order chi connectivity index (χ0) is 23.8. The number of methoxy groups -OCH3 is 1. The predicted molar refractivity (Wildman–Crippen MR) is 135 cm³/mol. The van der Waals surface area contributed by atoms with E-state index in [2.05, 4.69) is 29.5 Å². The van der Waals surface area contributed by atoms with Crippen molar-refractivity contribution in [1.29, 1.82) is 0 Å². The molecule has 0 unspecified atom stereocenters. The number of hydrogen-bond donors (Lipinski definition) is 1. The van der Waals surface area contributed by atoms with Crippen LogP contribution >= 0.6 is 11.6 Å². The molecule has 3 rings (SSSR count). The van der Waals surface area contributed by atoms with Crippen LogP contribution in [0.5, 0.6) is 0 Å². The van der Waals surface area contributed by atoms with E-state index in [0.717, 1.165) is 38.2 Å². The first-order chi connectivity index (χ1) is 16.0. The molecule has 182 valence electrons. The monoisotopic (exact) mass is 474 g/mol. The number of ether oxygens (including phenoxy) is 1. The Morgan fingerprint density at radius 2 is 1.85 bits per heavy atom. The van der Waals surface area contributed by atoms with Gasteiger partial charge in [-0.25, -0.2) is 0 Å². The summed E-state index contributed by atoms with van der Waals surface area (Å²) < 4.78 is 5.58. The van der Waals surface area contributed by atoms with E-state index in [0.29, 0.717) is 35.6 Å². The molecule has 1 saturated heterocycles. The lowest BCUT2D eigenvalue weighted by molar-refractivity contribution is -0.104. The molecule has 0 aromatic rings. The van der Waals surface area contributed by atoms with Crippen molar-refractivity contribution in [3.63, 3.8) is 0 Å². The quantitative estimate of drug-likeness (QED) is 0.140. The van der Waals surface area contributed by atoms with Crippen molar-refractivity contribution in [2.45, 2.75) is 44.6 Å². The second kappa shape index (κ2) is 12.6. The standard InChI is InChI=1S/C27H39ClN2O3/c1-20(33-3)24(16-26(22-4-5-22)27(17-28)23-6-7-23)18-30-13-9-25(10-14-30)29(2)12-8-21(19-32)11-15-31/h8,11-12,15-16,22-23,25,32H,1,4-7,9-10,13-14,17-19H2,2-3H3/b12-8-,21-11+,24-16-,27-26-. The first kappa shape index (κ1) is 25.8. The van der Waals surface area contributed by atoms with Crippen molar-refractivity contribution < 1.29 is 14.6 Å². The Kier molecular flexibility index (Phi) is 9.84. The van der Waals surface area contributed by atoms with Gasteiger partial charge >= 0.3 is 0 Å². The first-order valence-electron chi connectivity index (χ1n) is 12.1. The predicted octanol–water partition coefficient (Wildman–Crippen LogP) is 4.46. The van der Waals surface area contributed by atoms with Crippen molar-refractivity contribution in [1.82, 2.24) is 9.80 Å². The summed E-state index contributed by atoms with van der Waals surface area (Å²) in [4.78, 5) is 15.3. The van der Waals surface area contributed by atoms with E-state index < -0.39 is 0 Å². The number of aldehydes is 1. The van der Waals surface area contributed by atoms with Crippen molar-refractivity contribution in [2.24, 2.45) is 11.8 Å². The van der Waals surface area contributed by atoms with Crippen LogP contribution in [0, 0.1) is 11.8 Å². The molecule has 2 aliphatic carbocycles. The molecule has 0 bridgehead atoms. The van der Waals surface area contributed by atoms with E-state index in [1.807, 2.05) is 12.3 Å². The van der Waals surface area contributed by atoms with Gasteiger partial charge < -0.3 is 14.7 Å². The Labute approximate surface area is 204 Å². The van der Waals surface area contributed by atoms with Crippen LogP contribution in [0.1, 0.15) is 38.5 Å². The highest BCUT2D eigenvalue weighted by Crippen LogP contribution is 2.46. The molecule has 1 heterocycles. The Morgan fingerprint density at radius 3 is 2.36 bits per heavy atom. The van der Waals surface area contributed by atoms with Crippen molar-refractivity contribution in [3.8, 4) is 0 Å². The van der Waals surface area contributed by atoms with E-state index in [1.54, 1.807) is 7.11 Å². The highest BCUT2D eigenvalue weighted by Gasteiger charge is 2.34. The van der Waals surface area contributed by atoms with Crippen molar-refractivity contribution >= 4 is 17.9 Å². The third-order valence-electron chi connectivity index (χ3n) is 7.05. The Hall–Kier alpha value is -1.82. The number of likely N-dealkylation sites (tertiary alicyclic amines) is 1. The zero-order valence-electron chi connectivity index (χ0n) is 20.1. The average Bonchev–Trinajstić information content (AvgIpc) is 3.74. The molecule has 6 heteroatoms. The lowest BCUT2D eigenvalue weighted by atomic mass is 9.97. The van der Waals surface area contributed by atoms with Crippen molar-refractivity contribution in [2.75, 3.05) is 46.3 Å². The number of alkyl halides is 1. The molecule has 0 radical (unpaired) electrons. The van der Waals surface area contributed by atoms with Gasteiger partial charge in [-0.15, -0.1) is 11.6 Å². The minimum atomic E-state index is -0.135. The van der Waals surface area contributed by atoms with Crippen LogP contribution in [0.2, 0.25) is 0 Å². The number of rotatable bonds is 13. The summed E-state index contributed by atoms with van der Waals surface area (Å²) in [6.45, 7) is 6.89. The summed E-state index contributed by atoms with van der Waals surface area (Å²) in [6.07, 6.45) is 15.4. The van der Waals surface area contributed by atoms with Gasteiger partial charge in [0, 0.05) is 44.2 Å². The van der Waals surface area contributed by atoms with Gasteiger partial charge in [-0.2, -0.15) is 0 Å². The maximum Gasteiger partial charge on any atom is 0.143 e. The van der Waals surface area contributed by atoms with Crippen LogP contribution in [-0.2, 0) is 9.53 Å². The second-order valence-corrected chi connectivity index (χ2v) is 9.75. The molecule has 3 aliphatic rings. The zero-order valence-corrected chi connectivity index (χ0v) is 20.9. The van der Waals surface area contributed by atoms with Gasteiger partial charge in [-0.05, 0) is 85.4 Å². The molecular formula is C27H39ClN2O3. The van der Waals surface area contributed by atoms with Gasteiger partial charge in [0.05, 0.1) is 13.7 Å². The maximum atomic E-state index is 10.6. The second-order valence-electron chi connectivity index (χ2n) is 9.48. The largest absolute Gasteiger partial charge is 0.497 e. The minimum Gasteiger partial charge on any atom is -0.497 e. The Balaban J connectivity index is 1.63. The van der Waals surface area contributed by atoms with Gasteiger partial charge in [0.15, 0.2) is 0 Å². The third-order valence-corrected chi connectivity index (χ3v) is 7.34. The molecule has 0 amide bonds. The van der Waals surface area contributed by atoms with Crippen LogP contribution < -0.4 is 0 Å². The lowest BCUT2D eigenvalue weighted by Gasteiger charge is -2.36. The van der Waals surface area contributed by atoms with E-state index >= 15 is 0 Å². The van der Waals surface area contributed by atoms with E-state index in [-0.39, 0.29) is 6.61 Å². The number of piperidine rings is 1. The maximum absolute atomic E-state index is 10.6. The number of halogens is 1. The van der Waals surface area contributed by atoms with Gasteiger partial charge in [0.2, 0.25) is 0 Å². The van der Waals surface area contributed by atoms with Crippen LogP contribution in [0.3, 0.4) is 0 Å². The first-order valence-corrected chi connectivity index (χ1v) is 12.6. The molecule has 5 nitrogen and oxygen atoms in total. The van der Waals surface area contributed by atoms with E-state index in [4.69, 9.17) is 16.3 Å².